The molecule has 0 amide bonds. The van der Waals surface area contributed by atoms with Gasteiger partial charge in [-0.15, -0.1) is 0 Å². The van der Waals surface area contributed by atoms with Crippen molar-refractivity contribution in [2.24, 2.45) is 23.7 Å². The lowest BCUT2D eigenvalue weighted by Crippen LogP contribution is -2.62. The Hall–Kier alpha value is -2.47. The van der Waals surface area contributed by atoms with E-state index in [1.807, 2.05) is 20.8 Å². The summed E-state index contributed by atoms with van der Waals surface area (Å²) in [7, 11) is 2.96. The van der Waals surface area contributed by atoms with Gasteiger partial charge in [0.25, 0.3) is 0 Å². The maximum atomic E-state index is 13.4. The Kier molecular flexibility index (Phi) is 13.2. The van der Waals surface area contributed by atoms with Crippen LogP contribution in [0.15, 0.2) is 24.3 Å². The molecule has 0 aliphatic carbocycles. The first kappa shape index (κ1) is 40.7. The molecule has 0 aromatic rings. The van der Waals surface area contributed by atoms with Crippen molar-refractivity contribution in [3.05, 3.63) is 24.3 Å². The largest absolute Gasteiger partial charge is 0.509 e. The second-order valence-electron chi connectivity index (χ2n) is 15.0. The maximum absolute atomic E-state index is 13.4. The summed E-state index contributed by atoms with van der Waals surface area (Å²) in [6.45, 7) is 12.6. The Morgan fingerprint density at radius 3 is 2.19 bits per heavy atom. The number of methoxy groups -OCH3 is 2. The van der Waals surface area contributed by atoms with E-state index >= 15 is 0 Å². The van der Waals surface area contributed by atoms with Gasteiger partial charge in [-0.1, -0.05) is 26.8 Å². The molecule has 0 radical (unpaired) electrons. The second-order valence-corrected chi connectivity index (χ2v) is 15.0. The van der Waals surface area contributed by atoms with Gasteiger partial charge in [0.2, 0.25) is 0 Å². The van der Waals surface area contributed by atoms with Crippen molar-refractivity contribution < 1.29 is 72.0 Å². The van der Waals surface area contributed by atoms with E-state index in [1.54, 1.807) is 39.8 Å². The van der Waals surface area contributed by atoms with Gasteiger partial charge >= 0.3 is 12.1 Å². The fourth-order valence-corrected chi connectivity index (χ4v) is 7.99. The maximum Gasteiger partial charge on any atom is 0.509 e. The zero-order valence-corrected chi connectivity index (χ0v) is 31.4. The Morgan fingerprint density at radius 1 is 0.827 bits per heavy atom. The number of carbonyl (C=O) groups excluding carboxylic acids is 3. The third kappa shape index (κ3) is 8.74. The lowest BCUT2D eigenvalue weighted by atomic mass is 9.82. The quantitative estimate of drug-likeness (QED) is 0.286. The topological polar surface area (TPSA) is 187 Å². The summed E-state index contributed by atoms with van der Waals surface area (Å²) in [5, 5.41) is 22.0. The molecule has 5 rings (SSSR count). The van der Waals surface area contributed by atoms with E-state index in [0.717, 1.165) is 0 Å². The van der Waals surface area contributed by atoms with Crippen LogP contribution in [0.25, 0.3) is 0 Å². The molecule has 2 N–H and O–H groups in total. The lowest BCUT2D eigenvalue weighted by Gasteiger charge is -2.46. The first-order chi connectivity index (χ1) is 24.6. The van der Waals surface area contributed by atoms with Crippen molar-refractivity contribution in [3.63, 3.8) is 0 Å². The minimum Gasteiger partial charge on any atom is -0.459 e. The normalized spacial score (nSPS) is 48.7. The van der Waals surface area contributed by atoms with Crippen molar-refractivity contribution in [2.45, 2.75) is 147 Å². The number of allylic oxidation sites excluding steroid dienone is 1. The van der Waals surface area contributed by atoms with Gasteiger partial charge in [-0.3, -0.25) is 4.79 Å². The Balaban J connectivity index is 1.34. The van der Waals surface area contributed by atoms with Crippen molar-refractivity contribution in [1.29, 1.82) is 0 Å². The summed E-state index contributed by atoms with van der Waals surface area (Å²) in [5.41, 5.74) is -1.35. The first-order valence-electron chi connectivity index (χ1n) is 18.3. The zero-order valence-electron chi connectivity index (χ0n) is 31.4. The lowest BCUT2D eigenvalue weighted by molar-refractivity contribution is -0.308. The number of aliphatic hydroxyl groups excluding tert-OH is 2. The number of aliphatic hydroxyl groups is 2. The standard InChI is InChI=1S/C37H56O15/c1-17-10-13-27(39)47-21(5)24(16-45-34-32(44-9)31(43-8)28(40)22(6)48-34)30-26(50-30)12-11-25(38)18(2)14-19(3)29(17)51-35-33(41)37(15-20(4)46-35)23(7)49-36(42)52-37/h10-13,17-24,26,28-35,40-41H,14-16H2,1-9H3/b12-11+,13-10-/t17?,18?,19?,20-,21?,22?,23+,24?,26?,28-,29?,30?,31-,32?,33+,34?,35+,37+/m1/s1. The molecule has 0 aromatic carbocycles. The zero-order chi connectivity index (χ0) is 38.1. The predicted octanol–water partition coefficient (Wildman–Crippen LogP) is 2.62. The van der Waals surface area contributed by atoms with E-state index in [0.29, 0.717) is 6.42 Å². The number of ether oxygens (including phenoxy) is 10. The van der Waals surface area contributed by atoms with Crippen molar-refractivity contribution in [3.8, 4) is 0 Å². The highest BCUT2D eigenvalue weighted by atomic mass is 16.8. The van der Waals surface area contributed by atoms with Crippen LogP contribution < -0.4 is 0 Å². The molecular formula is C37H56O15. The molecule has 5 heterocycles. The van der Waals surface area contributed by atoms with Crippen LogP contribution in [0.5, 0.6) is 0 Å². The van der Waals surface area contributed by atoms with Crippen LogP contribution in [0.1, 0.15) is 61.3 Å². The highest BCUT2D eigenvalue weighted by Gasteiger charge is 2.61. The number of cyclic esters (lactones) is 2. The molecule has 0 bridgehead atoms. The summed E-state index contributed by atoms with van der Waals surface area (Å²) < 4.78 is 58.3. The minimum atomic E-state index is -1.36. The molecule has 1 spiro atoms. The van der Waals surface area contributed by atoms with Gasteiger partial charge in [0, 0.05) is 44.5 Å². The van der Waals surface area contributed by atoms with Crippen LogP contribution in [0, 0.1) is 23.7 Å². The summed E-state index contributed by atoms with van der Waals surface area (Å²) in [5.74, 6) is -2.20. The number of hydrogen-bond acceptors (Lipinski definition) is 15. The Labute approximate surface area is 305 Å². The molecule has 0 aromatic heterocycles. The third-order valence-corrected chi connectivity index (χ3v) is 11.2. The van der Waals surface area contributed by atoms with Crippen molar-refractivity contribution >= 4 is 17.9 Å². The summed E-state index contributed by atoms with van der Waals surface area (Å²) in [6, 6.07) is 0. The summed E-state index contributed by atoms with van der Waals surface area (Å²) in [4.78, 5) is 38.7. The molecule has 18 atom stereocenters. The molecule has 4 saturated heterocycles. The SMILES string of the molecule is COC1C(OCC2C(C)OC(=O)/C=C\C(C)C(O[C@@H]3O[C@H](C)C[C@@]4(OC(=O)O[C@H]4C)[C@H]3O)C(C)CC(C)C(=O)/C=C/C3OC32)OC(C)[C@@H](O)[C@H]1OC. The van der Waals surface area contributed by atoms with Gasteiger partial charge in [0.1, 0.15) is 42.7 Å². The van der Waals surface area contributed by atoms with E-state index in [9.17, 15) is 24.6 Å². The molecule has 4 fully saturated rings. The minimum absolute atomic E-state index is 0.0493. The van der Waals surface area contributed by atoms with Gasteiger partial charge in [0.15, 0.2) is 24.0 Å². The number of hydrogen-bond donors (Lipinski definition) is 2. The fourth-order valence-electron chi connectivity index (χ4n) is 7.99. The van der Waals surface area contributed by atoms with E-state index in [2.05, 4.69) is 0 Å². The average molecular weight is 741 g/mol. The van der Waals surface area contributed by atoms with Crippen LogP contribution in [0.2, 0.25) is 0 Å². The van der Waals surface area contributed by atoms with Crippen LogP contribution in [0.3, 0.4) is 0 Å². The monoisotopic (exact) mass is 740 g/mol. The van der Waals surface area contributed by atoms with Crippen LogP contribution in [-0.4, -0.2) is 134 Å². The van der Waals surface area contributed by atoms with E-state index in [1.165, 1.54) is 26.4 Å². The molecule has 5 aliphatic heterocycles. The van der Waals surface area contributed by atoms with Gasteiger partial charge in [-0.25, -0.2) is 9.59 Å². The smallest absolute Gasteiger partial charge is 0.459 e. The second kappa shape index (κ2) is 16.9. The Bertz CT molecular complexity index is 1320. The molecule has 15 heteroatoms. The van der Waals surface area contributed by atoms with Gasteiger partial charge in [-0.2, -0.15) is 0 Å². The van der Waals surface area contributed by atoms with Crippen molar-refractivity contribution in [2.75, 3.05) is 20.8 Å². The number of esters is 1. The van der Waals surface area contributed by atoms with E-state index < -0.39 is 115 Å². The number of ketones is 1. The number of fused-ring (bicyclic) bond motifs is 1. The molecular weight excluding hydrogens is 684 g/mol. The molecule has 294 valence electrons. The molecule has 0 saturated carbocycles. The van der Waals surface area contributed by atoms with E-state index in [-0.39, 0.29) is 24.7 Å². The molecule has 15 nitrogen and oxygen atoms in total. The molecule has 11 unspecified atom stereocenters. The summed E-state index contributed by atoms with van der Waals surface area (Å²) >= 11 is 0. The van der Waals surface area contributed by atoms with Crippen LogP contribution in [0.4, 0.5) is 4.79 Å². The van der Waals surface area contributed by atoms with Crippen molar-refractivity contribution in [1.82, 2.24) is 0 Å². The van der Waals surface area contributed by atoms with Gasteiger partial charge < -0.3 is 57.6 Å². The number of carbonyl (C=O) groups is 3. The van der Waals surface area contributed by atoms with Crippen LogP contribution in [-0.2, 0) is 57.0 Å². The van der Waals surface area contributed by atoms with E-state index in [4.69, 9.17) is 47.4 Å². The van der Waals surface area contributed by atoms with Gasteiger partial charge in [0.05, 0.1) is 31.0 Å². The highest BCUT2D eigenvalue weighted by Crippen LogP contribution is 2.42. The third-order valence-electron chi connectivity index (χ3n) is 11.2. The highest BCUT2D eigenvalue weighted by molar-refractivity contribution is 5.91. The number of rotatable bonds is 7. The summed E-state index contributed by atoms with van der Waals surface area (Å²) in [6.07, 6.45) is -3.65. The number of epoxide rings is 1. The molecule has 5 aliphatic rings. The van der Waals surface area contributed by atoms with Gasteiger partial charge in [-0.05, 0) is 52.2 Å². The predicted molar refractivity (Wildman–Crippen MR) is 181 cm³/mol. The average Bonchev–Trinajstić information content (AvgIpc) is 3.79. The van der Waals surface area contributed by atoms with Crippen LogP contribution >= 0.6 is 0 Å². The Morgan fingerprint density at radius 2 is 1.54 bits per heavy atom. The fraction of sp³-hybridized carbons (Fsp3) is 0.811. The first-order valence-corrected chi connectivity index (χ1v) is 18.3. The molecule has 52 heavy (non-hydrogen) atoms.